The van der Waals surface area contributed by atoms with Crippen molar-refractivity contribution in [3.63, 3.8) is 0 Å². The molecule has 0 bridgehead atoms. The van der Waals surface area contributed by atoms with Crippen LogP contribution in [0.2, 0.25) is 5.02 Å². The van der Waals surface area contributed by atoms with Gasteiger partial charge in [-0.15, -0.1) is 11.3 Å². The van der Waals surface area contributed by atoms with Crippen LogP contribution in [0.25, 0.3) is 21.3 Å². The fourth-order valence-corrected chi connectivity index (χ4v) is 8.12. The number of halogens is 1. The number of aromatic nitrogens is 1. The Balaban J connectivity index is 1.43. The van der Waals surface area contributed by atoms with Crippen molar-refractivity contribution in [3.8, 4) is 11.3 Å². The molecular formula is C29H29ClN2O4S2. The van der Waals surface area contributed by atoms with E-state index in [1.807, 2.05) is 63.2 Å². The molecule has 1 N–H and O–H groups in total. The van der Waals surface area contributed by atoms with Crippen molar-refractivity contribution in [2.75, 3.05) is 6.61 Å². The van der Waals surface area contributed by atoms with Crippen LogP contribution in [0.3, 0.4) is 0 Å². The highest BCUT2D eigenvalue weighted by atomic mass is 35.5. The van der Waals surface area contributed by atoms with Crippen LogP contribution in [-0.4, -0.2) is 31.0 Å². The molecule has 1 saturated carbocycles. The van der Waals surface area contributed by atoms with Gasteiger partial charge in [0.05, 0.1) is 23.6 Å². The summed E-state index contributed by atoms with van der Waals surface area (Å²) in [6.07, 6.45) is 3.18. The molecule has 1 aliphatic heterocycles. The number of pyridine rings is 1. The summed E-state index contributed by atoms with van der Waals surface area (Å²) in [4.78, 5) is 5.57. The highest BCUT2D eigenvalue weighted by Gasteiger charge is 2.43. The normalized spacial score (nSPS) is 22.1. The van der Waals surface area contributed by atoms with Gasteiger partial charge in [-0.1, -0.05) is 48.0 Å². The standard InChI is InChI=1S/C29H29ClN2O4S2/c1-28(2)35-17-29(3,36-28)19-13-14-31-24(16-19)22-9-6-7-18-15-25(37-27(18)22)26(21-8-4-5-10-23(21)30)32-38(33,34)20-11-12-20/h4-10,13-16,20,26,32H,11-12,17H2,1-3H3/t26-,29?/m1/s1. The van der Waals surface area contributed by atoms with Gasteiger partial charge >= 0.3 is 0 Å². The third-order valence-corrected chi connectivity index (χ3v) is 10.6. The number of hydrogen-bond acceptors (Lipinski definition) is 6. The van der Waals surface area contributed by atoms with Crippen LogP contribution in [0.1, 0.15) is 55.7 Å². The molecule has 0 spiro atoms. The average Bonchev–Trinajstić information content (AvgIpc) is 3.60. The van der Waals surface area contributed by atoms with Gasteiger partial charge in [0.2, 0.25) is 10.0 Å². The van der Waals surface area contributed by atoms with E-state index < -0.39 is 27.5 Å². The van der Waals surface area contributed by atoms with Crippen LogP contribution in [0.4, 0.5) is 0 Å². The van der Waals surface area contributed by atoms with E-state index in [0.29, 0.717) is 24.5 Å². The van der Waals surface area contributed by atoms with Gasteiger partial charge < -0.3 is 9.47 Å². The molecule has 4 aromatic rings. The molecule has 2 fully saturated rings. The number of rotatable bonds is 7. The molecule has 198 valence electrons. The van der Waals surface area contributed by atoms with Crippen LogP contribution in [0.15, 0.2) is 66.9 Å². The van der Waals surface area contributed by atoms with E-state index in [1.54, 1.807) is 23.6 Å². The van der Waals surface area contributed by atoms with E-state index in [-0.39, 0.29) is 5.25 Å². The Hall–Kier alpha value is -2.33. The molecule has 6 nitrogen and oxygen atoms in total. The first kappa shape index (κ1) is 25.9. The first-order valence-electron chi connectivity index (χ1n) is 12.6. The number of thiophene rings is 1. The van der Waals surface area contributed by atoms with Gasteiger partial charge in [0.15, 0.2) is 5.79 Å². The molecular weight excluding hydrogens is 540 g/mol. The van der Waals surface area contributed by atoms with Gasteiger partial charge in [-0.2, -0.15) is 0 Å². The molecule has 2 aromatic heterocycles. The van der Waals surface area contributed by atoms with Crippen LogP contribution < -0.4 is 4.72 Å². The van der Waals surface area contributed by atoms with Crippen molar-refractivity contribution < 1.29 is 17.9 Å². The molecule has 1 aliphatic carbocycles. The second kappa shape index (κ2) is 9.40. The van der Waals surface area contributed by atoms with Crippen molar-refractivity contribution >= 4 is 43.0 Å². The Morgan fingerprint density at radius 1 is 1.08 bits per heavy atom. The van der Waals surface area contributed by atoms with E-state index in [9.17, 15) is 8.42 Å². The molecule has 2 atom stereocenters. The summed E-state index contributed by atoms with van der Waals surface area (Å²) < 4.78 is 42.1. The molecule has 0 amide bonds. The maximum atomic E-state index is 13.0. The van der Waals surface area contributed by atoms with Crippen LogP contribution in [0, 0.1) is 0 Å². The SMILES string of the molecule is CC1(C)OCC(C)(c2ccnc(-c3cccc4cc([C@H](NS(=O)(=O)C5CC5)c5ccccc5Cl)sc34)c2)O1. The quantitative estimate of drug-likeness (QED) is 0.266. The fourth-order valence-electron chi connectivity index (χ4n) is 5.01. The lowest BCUT2D eigenvalue weighted by molar-refractivity contribution is -0.159. The minimum Gasteiger partial charge on any atom is -0.347 e. The number of sulfonamides is 1. The Bertz CT molecular complexity index is 1630. The molecule has 1 unspecified atom stereocenters. The Labute approximate surface area is 232 Å². The molecule has 1 saturated heterocycles. The fraction of sp³-hybridized carbons (Fsp3) is 0.345. The highest BCUT2D eigenvalue weighted by Crippen LogP contribution is 2.43. The average molecular weight is 569 g/mol. The maximum Gasteiger partial charge on any atom is 0.215 e. The first-order chi connectivity index (χ1) is 18.0. The molecule has 3 heterocycles. The predicted molar refractivity (Wildman–Crippen MR) is 152 cm³/mol. The lowest BCUT2D eigenvalue weighted by atomic mass is 9.96. The van der Waals surface area contributed by atoms with Crippen LogP contribution in [-0.2, 0) is 25.1 Å². The van der Waals surface area contributed by atoms with Crippen molar-refractivity contribution in [1.29, 1.82) is 0 Å². The number of nitrogens with one attached hydrogen (secondary N) is 1. The topological polar surface area (TPSA) is 77.5 Å². The minimum atomic E-state index is -3.47. The lowest BCUT2D eigenvalue weighted by Gasteiger charge is -2.25. The molecule has 2 aromatic carbocycles. The van der Waals surface area contributed by atoms with Crippen LogP contribution >= 0.6 is 22.9 Å². The second-order valence-electron chi connectivity index (χ2n) is 10.6. The summed E-state index contributed by atoms with van der Waals surface area (Å²) in [5.74, 6) is -0.650. The van der Waals surface area contributed by atoms with Gasteiger partial charge in [-0.25, -0.2) is 13.1 Å². The molecule has 38 heavy (non-hydrogen) atoms. The zero-order chi connectivity index (χ0) is 26.7. The van der Waals surface area contributed by atoms with Crippen molar-refractivity contribution in [2.24, 2.45) is 0 Å². The summed E-state index contributed by atoms with van der Waals surface area (Å²) in [5, 5.41) is 1.21. The van der Waals surface area contributed by atoms with Gasteiger partial charge in [-0.3, -0.25) is 4.98 Å². The smallest absolute Gasteiger partial charge is 0.215 e. The van der Waals surface area contributed by atoms with Gasteiger partial charge in [0.25, 0.3) is 0 Å². The van der Waals surface area contributed by atoms with Crippen molar-refractivity contribution in [1.82, 2.24) is 9.71 Å². The zero-order valence-corrected chi connectivity index (χ0v) is 23.8. The molecule has 2 aliphatic rings. The van der Waals surface area contributed by atoms with E-state index in [0.717, 1.165) is 37.3 Å². The third kappa shape index (κ3) is 4.90. The highest BCUT2D eigenvalue weighted by molar-refractivity contribution is 7.90. The summed E-state index contributed by atoms with van der Waals surface area (Å²) in [5.41, 5.74) is 2.95. The van der Waals surface area contributed by atoms with E-state index in [4.69, 9.17) is 26.1 Å². The summed E-state index contributed by atoms with van der Waals surface area (Å²) in [6.45, 7) is 6.32. The monoisotopic (exact) mass is 568 g/mol. The van der Waals surface area contributed by atoms with Gasteiger partial charge in [0, 0.05) is 26.4 Å². The number of fused-ring (bicyclic) bond motifs is 1. The van der Waals surface area contributed by atoms with Crippen molar-refractivity contribution in [2.45, 2.75) is 56.3 Å². The number of ether oxygens (including phenoxy) is 2. The largest absolute Gasteiger partial charge is 0.347 e. The summed E-state index contributed by atoms with van der Waals surface area (Å²) >= 11 is 8.13. The summed E-state index contributed by atoms with van der Waals surface area (Å²) in [7, 11) is -3.47. The van der Waals surface area contributed by atoms with Gasteiger partial charge in [-0.05, 0) is 74.4 Å². The third-order valence-electron chi connectivity index (χ3n) is 7.12. The summed E-state index contributed by atoms with van der Waals surface area (Å²) in [6, 6.07) is 19.0. The maximum absolute atomic E-state index is 13.0. The lowest BCUT2D eigenvalue weighted by Crippen LogP contribution is -2.31. The van der Waals surface area contributed by atoms with E-state index in [1.165, 1.54) is 0 Å². The Morgan fingerprint density at radius 3 is 2.58 bits per heavy atom. The van der Waals surface area contributed by atoms with Gasteiger partial charge in [0.1, 0.15) is 5.60 Å². The Kier molecular flexibility index (Phi) is 6.41. The minimum absolute atomic E-state index is 0.336. The number of hydrogen-bond donors (Lipinski definition) is 1. The number of benzene rings is 2. The Morgan fingerprint density at radius 2 is 1.87 bits per heavy atom. The second-order valence-corrected chi connectivity index (χ2v) is 14.1. The molecule has 0 radical (unpaired) electrons. The zero-order valence-electron chi connectivity index (χ0n) is 21.4. The predicted octanol–water partition coefficient (Wildman–Crippen LogP) is 6.79. The number of nitrogens with zero attached hydrogens (tertiary/aromatic N) is 1. The van der Waals surface area contributed by atoms with E-state index in [2.05, 4.69) is 16.9 Å². The molecule has 6 rings (SSSR count). The van der Waals surface area contributed by atoms with Crippen molar-refractivity contribution in [3.05, 3.63) is 87.9 Å². The molecule has 9 heteroatoms. The van der Waals surface area contributed by atoms with E-state index >= 15 is 0 Å². The van der Waals surface area contributed by atoms with Crippen LogP contribution in [0.5, 0.6) is 0 Å². The first-order valence-corrected chi connectivity index (χ1v) is 15.4.